The number of oxazole rings is 3. The Morgan fingerprint density at radius 3 is 0.907 bits per heavy atom. The summed E-state index contributed by atoms with van der Waals surface area (Å²) < 4.78 is 17.7. The highest BCUT2D eigenvalue weighted by atomic mass is 32.1. The summed E-state index contributed by atoms with van der Waals surface area (Å²) >= 11 is 16.9. The monoisotopic (exact) mass is 1070 g/mol. The van der Waals surface area contributed by atoms with E-state index in [0.717, 1.165) is 17.1 Å². The highest BCUT2D eigenvalue weighted by Gasteiger charge is 2.30. The third-order valence-electron chi connectivity index (χ3n) is 12.3. The predicted molar refractivity (Wildman–Crippen MR) is 302 cm³/mol. The number of fused-ring (bicyclic) bond motifs is 6. The maximum atomic E-state index is 14.0. The maximum Gasteiger partial charge on any atom is 0.273 e. The van der Waals surface area contributed by atoms with E-state index in [2.05, 4.69) is 125 Å². The molecule has 0 spiro atoms. The Morgan fingerprint density at radius 2 is 0.680 bits per heavy atom. The van der Waals surface area contributed by atoms with E-state index in [0.29, 0.717) is 15.3 Å². The topological polar surface area (TPSA) is 238 Å². The SMILES string of the molecule is CC(C)(C)c1ccc(NC(=S)NCC[C@@H]2NC(=O)c3coc(n3)[C@H](CCNC(=S)Nc3ccc(C(C)(C)C)cc3)NC(=O)c3coc(n3)[C@H](CCNC(=S)Nc3ccc(C(C)(C)C)cc3)NC(=O)c3coc2n3)cc1. The number of aromatic nitrogens is 3. The molecule has 7 rings (SSSR count). The van der Waals surface area contributed by atoms with Gasteiger partial charge in [0.15, 0.2) is 32.4 Å². The lowest BCUT2D eigenvalue weighted by molar-refractivity contribution is 0.0917. The normalized spacial score (nSPS) is 16.3. The Morgan fingerprint density at radius 1 is 0.440 bits per heavy atom. The summed E-state index contributed by atoms with van der Waals surface area (Å²) in [6, 6.07) is 21.4. The molecule has 3 aromatic carbocycles. The lowest BCUT2D eigenvalue weighted by Gasteiger charge is -2.20. The molecule has 0 radical (unpaired) electrons. The minimum Gasteiger partial charge on any atom is -0.446 e. The van der Waals surface area contributed by atoms with Crippen LogP contribution in [0.3, 0.4) is 0 Å². The predicted octanol–water partition coefficient (Wildman–Crippen LogP) is 9.40. The van der Waals surface area contributed by atoms with Crippen LogP contribution in [-0.4, -0.2) is 67.6 Å². The molecule has 1 aliphatic heterocycles. The largest absolute Gasteiger partial charge is 0.446 e. The Bertz CT molecular complexity index is 2650. The number of amides is 3. The Hall–Kier alpha value is -7.23. The van der Waals surface area contributed by atoms with Gasteiger partial charge in [-0.15, -0.1) is 0 Å². The molecule has 3 aromatic heterocycles. The maximum absolute atomic E-state index is 14.0. The fourth-order valence-corrected chi connectivity index (χ4v) is 8.46. The van der Waals surface area contributed by atoms with Gasteiger partial charge in [0, 0.05) is 36.7 Å². The molecule has 18 nitrogen and oxygen atoms in total. The van der Waals surface area contributed by atoms with Crippen LogP contribution in [0, 0.1) is 0 Å². The molecule has 6 bridgehead atoms. The number of hydrogen-bond acceptors (Lipinski definition) is 12. The van der Waals surface area contributed by atoms with Gasteiger partial charge in [0.1, 0.15) is 36.9 Å². The van der Waals surface area contributed by atoms with Gasteiger partial charge in [0.2, 0.25) is 17.7 Å². The van der Waals surface area contributed by atoms with Gasteiger partial charge in [0.05, 0.1) is 0 Å². The first-order valence-corrected chi connectivity index (χ1v) is 26.0. The van der Waals surface area contributed by atoms with Crippen LogP contribution >= 0.6 is 36.7 Å². The second kappa shape index (κ2) is 24.0. The van der Waals surface area contributed by atoms with E-state index in [-0.39, 0.29) is 89.9 Å². The van der Waals surface area contributed by atoms with E-state index < -0.39 is 35.8 Å². The number of carbonyl (C=O) groups excluding carboxylic acids is 3. The molecule has 21 heteroatoms. The van der Waals surface area contributed by atoms with E-state index in [1.165, 1.54) is 35.5 Å². The van der Waals surface area contributed by atoms with Crippen molar-refractivity contribution in [3.8, 4) is 0 Å². The van der Waals surface area contributed by atoms with Crippen LogP contribution in [0.2, 0.25) is 0 Å². The summed E-state index contributed by atoms with van der Waals surface area (Å²) in [6.07, 6.45) is 4.23. The average Bonchev–Trinajstić information content (AvgIpc) is 4.16. The van der Waals surface area contributed by atoms with Gasteiger partial charge < -0.3 is 61.1 Å². The molecule has 3 atom stereocenters. The Kier molecular flexibility index (Phi) is 17.7. The van der Waals surface area contributed by atoms with Gasteiger partial charge in [-0.3, -0.25) is 14.4 Å². The molecule has 0 saturated heterocycles. The highest BCUT2D eigenvalue weighted by Crippen LogP contribution is 2.27. The number of hydrogen-bond donors (Lipinski definition) is 9. The number of anilines is 3. The second-order valence-electron chi connectivity index (χ2n) is 21.3. The number of benzene rings is 3. The average molecular weight is 1080 g/mol. The lowest BCUT2D eigenvalue weighted by Crippen LogP contribution is -2.36. The van der Waals surface area contributed by atoms with Crippen molar-refractivity contribution in [2.75, 3.05) is 35.6 Å². The van der Waals surface area contributed by atoms with Crippen molar-refractivity contribution in [1.29, 1.82) is 0 Å². The molecule has 3 amide bonds. The summed E-state index contributed by atoms with van der Waals surface area (Å²) in [4.78, 5) is 55.6. The van der Waals surface area contributed by atoms with Crippen molar-refractivity contribution in [1.82, 2.24) is 46.9 Å². The number of carbonyl (C=O) groups is 3. The number of thiocarbonyl (C=S) groups is 3. The molecular formula is C54H66N12O6S3. The molecule has 6 aromatic rings. The number of rotatable bonds is 12. The molecule has 0 saturated carbocycles. The van der Waals surface area contributed by atoms with Crippen LogP contribution in [0.25, 0.3) is 0 Å². The van der Waals surface area contributed by atoms with Gasteiger partial charge >= 0.3 is 0 Å². The highest BCUT2D eigenvalue weighted by molar-refractivity contribution is 7.80. The summed E-state index contributed by atoms with van der Waals surface area (Å²) in [5.74, 6) is -1.75. The number of nitrogens with one attached hydrogen (secondary N) is 9. The van der Waals surface area contributed by atoms with Crippen LogP contribution in [0.5, 0.6) is 0 Å². The number of nitrogens with zero attached hydrogens (tertiary/aromatic N) is 3. The molecule has 9 N–H and O–H groups in total. The van der Waals surface area contributed by atoms with Crippen LogP contribution in [-0.2, 0) is 16.2 Å². The van der Waals surface area contributed by atoms with Crippen molar-refractivity contribution in [2.24, 2.45) is 0 Å². The van der Waals surface area contributed by atoms with Crippen LogP contribution in [0.4, 0.5) is 17.1 Å². The summed E-state index contributed by atoms with van der Waals surface area (Å²) in [7, 11) is 0. The van der Waals surface area contributed by atoms with Gasteiger partial charge in [-0.2, -0.15) is 0 Å². The minimum absolute atomic E-state index is 0.00641. The van der Waals surface area contributed by atoms with E-state index in [9.17, 15) is 14.4 Å². The third kappa shape index (κ3) is 15.7. The van der Waals surface area contributed by atoms with Crippen LogP contribution in [0.15, 0.2) is 105 Å². The van der Waals surface area contributed by atoms with Crippen molar-refractivity contribution in [2.45, 2.75) is 116 Å². The van der Waals surface area contributed by atoms with Crippen molar-refractivity contribution >= 4 is 86.8 Å². The quantitative estimate of drug-likeness (QED) is 0.0519. The third-order valence-corrected chi connectivity index (χ3v) is 13.0. The Labute approximate surface area is 453 Å². The first kappa shape index (κ1) is 55.5. The van der Waals surface area contributed by atoms with Crippen LogP contribution in [0.1, 0.15) is 166 Å². The molecule has 75 heavy (non-hydrogen) atoms. The second-order valence-corrected chi connectivity index (χ2v) is 22.5. The minimum atomic E-state index is -0.884. The zero-order chi connectivity index (χ0) is 54.1. The Balaban J connectivity index is 1.10. The molecular weight excluding hydrogens is 1010 g/mol. The standard InChI is InChI=1S/C54H66N12O6S3/c1-52(2,3)31-10-16-34(17-11-31)58-49(73)55-25-22-37-46-64-41(28-70-46)44(68)62-39(24-27-57-51(75)60-36-20-14-33(15-21-36)54(7,8)9)48-66-42(30-72-48)45(69)63-38(47-65-40(29-71-47)43(67)61-37)23-26-56-50(74)59-35-18-12-32(13-19-35)53(4,5)6/h10-21,28-30,37-39H,22-27H2,1-9H3,(H,61,67)(H,62,68)(H,63,69)(H2,55,58,73)(H2,56,59,74)(H2,57,60,75)/t37-,38-,39-/m0/s1. The van der Waals surface area contributed by atoms with Gasteiger partial charge in [0.25, 0.3) is 17.7 Å². The smallest absolute Gasteiger partial charge is 0.273 e. The van der Waals surface area contributed by atoms with Gasteiger partial charge in [-0.1, -0.05) is 98.7 Å². The fourth-order valence-electron chi connectivity index (χ4n) is 7.80. The van der Waals surface area contributed by atoms with Crippen molar-refractivity contribution < 1.29 is 27.6 Å². The van der Waals surface area contributed by atoms with Crippen LogP contribution < -0.4 is 47.9 Å². The van der Waals surface area contributed by atoms with E-state index in [1.807, 2.05) is 72.8 Å². The molecule has 1 aliphatic rings. The van der Waals surface area contributed by atoms with Crippen molar-refractivity contribution in [3.05, 3.63) is 143 Å². The first-order chi connectivity index (χ1) is 35.5. The zero-order valence-electron chi connectivity index (χ0n) is 43.7. The molecule has 396 valence electrons. The molecule has 4 heterocycles. The fraction of sp³-hybridized carbons (Fsp3) is 0.389. The van der Waals surface area contributed by atoms with E-state index >= 15 is 0 Å². The summed E-state index contributed by atoms with van der Waals surface area (Å²) in [5, 5.41) is 29.0. The van der Waals surface area contributed by atoms with Gasteiger partial charge in [-0.25, -0.2) is 15.0 Å². The first-order valence-electron chi connectivity index (χ1n) is 24.7. The van der Waals surface area contributed by atoms with Crippen molar-refractivity contribution in [3.63, 3.8) is 0 Å². The lowest BCUT2D eigenvalue weighted by atomic mass is 9.87. The summed E-state index contributed by atoms with van der Waals surface area (Å²) in [6.45, 7) is 20.1. The summed E-state index contributed by atoms with van der Waals surface area (Å²) in [5.41, 5.74) is 5.69. The molecule has 0 fully saturated rings. The molecule has 0 aliphatic carbocycles. The zero-order valence-corrected chi connectivity index (χ0v) is 46.1. The van der Waals surface area contributed by atoms with E-state index in [1.54, 1.807) is 0 Å². The molecule has 0 unspecified atom stereocenters. The van der Waals surface area contributed by atoms with Gasteiger partial charge in [-0.05, 0) is 125 Å². The van der Waals surface area contributed by atoms with E-state index in [4.69, 9.17) is 49.9 Å².